The molecule has 0 aliphatic rings. The smallest absolute Gasteiger partial charge is 0.407 e. The first-order chi connectivity index (χ1) is 28.9. The number of alkyl carbamates (subject to hydrolysis) is 2. The van der Waals surface area contributed by atoms with Gasteiger partial charge in [0.15, 0.2) is 0 Å². The summed E-state index contributed by atoms with van der Waals surface area (Å²) in [5.74, 6) is -0.807. The molecule has 0 aromatic carbocycles. The molecule has 1 atom stereocenters. The Morgan fingerprint density at radius 3 is 1.50 bits per heavy atom. The van der Waals surface area contributed by atoms with Crippen LogP contribution in [-0.4, -0.2) is 86.7 Å². The second kappa shape index (κ2) is 40.9. The van der Waals surface area contributed by atoms with E-state index < -0.39 is 29.4 Å². The number of amides is 2. The van der Waals surface area contributed by atoms with Crippen molar-refractivity contribution in [3.63, 3.8) is 0 Å². The first-order valence-electron chi connectivity index (χ1n) is 24.8. The Kier molecular flexibility index (Phi) is 39.5. The maximum atomic E-state index is 12.7. The van der Waals surface area contributed by atoms with Gasteiger partial charge >= 0.3 is 18.2 Å². The minimum atomic E-state index is -0.807. The normalized spacial score (nSPS) is 12.4. The lowest BCUT2D eigenvalue weighted by molar-refractivity contribution is -0.137. The molecule has 60 heavy (non-hydrogen) atoms. The number of carbonyl (C=O) groups excluding carboxylic acids is 2. The summed E-state index contributed by atoms with van der Waals surface area (Å²) in [4.78, 5) is 35.5. The van der Waals surface area contributed by atoms with Gasteiger partial charge in [0.25, 0.3) is 0 Å². The van der Waals surface area contributed by atoms with Crippen molar-refractivity contribution in [1.82, 2.24) is 10.6 Å². The van der Waals surface area contributed by atoms with E-state index in [1.807, 2.05) is 27.7 Å². The van der Waals surface area contributed by atoms with Gasteiger partial charge in [-0.15, -0.1) is 0 Å². The van der Waals surface area contributed by atoms with Gasteiger partial charge in [-0.25, -0.2) is 9.59 Å². The number of carboxylic acid groups (broad SMARTS) is 1. The number of carboxylic acids is 1. The Morgan fingerprint density at radius 1 is 0.517 bits per heavy atom. The Bertz CT molecular complexity index is 994. The van der Waals surface area contributed by atoms with Crippen LogP contribution >= 0.6 is 0 Å². The van der Waals surface area contributed by atoms with Crippen LogP contribution in [0.3, 0.4) is 0 Å². The van der Waals surface area contributed by atoms with Gasteiger partial charge in [-0.1, -0.05) is 162 Å². The Hall–Kier alpha value is -2.11. The molecule has 0 aliphatic heterocycles. The molecular formula is C49H96N2O9. The minimum Gasteiger partial charge on any atom is -0.481 e. The van der Waals surface area contributed by atoms with E-state index in [9.17, 15) is 14.4 Å². The average Bonchev–Trinajstić information content (AvgIpc) is 3.19. The van der Waals surface area contributed by atoms with E-state index in [4.69, 9.17) is 28.8 Å². The fraction of sp³-hybridized carbons (Fsp3) is 0.939. The molecule has 0 fully saturated rings. The highest BCUT2D eigenvalue weighted by Gasteiger charge is 2.26. The van der Waals surface area contributed by atoms with E-state index in [2.05, 4.69) is 24.5 Å². The van der Waals surface area contributed by atoms with Gasteiger partial charge in [0.05, 0.1) is 31.5 Å². The number of aliphatic carboxylic acids is 1. The van der Waals surface area contributed by atoms with Crippen LogP contribution in [0.1, 0.15) is 234 Å². The zero-order valence-electron chi connectivity index (χ0n) is 40.0. The molecule has 11 heteroatoms. The first kappa shape index (κ1) is 57.9. The van der Waals surface area contributed by atoms with E-state index in [-0.39, 0.29) is 19.1 Å². The van der Waals surface area contributed by atoms with Crippen molar-refractivity contribution in [3.05, 3.63) is 0 Å². The number of carbonyl (C=O) groups is 3. The molecule has 11 nitrogen and oxygen atoms in total. The van der Waals surface area contributed by atoms with E-state index in [0.717, 1.165) is 25.7 Å². The molecule has 2 amide bonds. The van der Waals surface area contributed by atoms with Crippen LogP contribution in [0.25, 0.3) is 0 Å². The second-order valence-corrected chi connectivity index (χ2v) is 18.3. The van der Waals surface area contributed by atoms with Crippen molar-refractivity contribution in [2.45, 2.75) is 251 Å². The Labute approximate surface area is 368 Å². The summed E-state index contributed by atoms with van der Waals surface area (Å²) in [6.07, 6.45) is 33.3. The van der Waals surface area contributed by atoms with Gasteiger partial charge in [0.1, 0.15) is 5.60 Å². The monoisotopic (exact) mass is 857 g/mol. The van der Waals surface area contributed by atoms with Crippen LogP contribution < -0.4 is 10.6 Å². The molecule has 0 saturated carbocycles. The van der Waals surface area contributed by atoms with Gasteiger partial charge in [0, 0.05) is 45.6 Å². The summed E-state index contributed by atoms with van der Waals surface area (Å²) in [5, 5.41) is 14.3. The van der Waals surface area contributed by atoms with Gasteiger partial charge in [-0.2, -0.15) is 0 Å². The van der Waals surface area contributed by atoms with Crippen molar-refractivity contribution >= 4 is 18.2 Å². The second-order valence-electron chi connectivity index (χ2n) is 18.3. The molecule has 0 bridgehead atoms. The SMILES string of the molecule is CCCCCCCCCCCCCCOCC(CNC(=O)OCCC(C)(C)OCCC(C)(C)OC(=O)NCCCCCC(=O)O)OCCCCCCCCCCCCCC. The van der Waals surface area contributed by atoms with Crippen LogP contribution in [0.15, 0.2) is 0 Å². The molecule has 0 radical (unpaired) electrons. The third kappa shape index (κ3) is 42.6. The predicted octanol–water partition coefficient (Wildman–Crippen LogP) is 13.2. The predicted molar refractivity (Wildman–Crippen MR) is 246 cm³/mol. The summed E-state index contributed by atoms with van der Waals surface area (Å²) in [7, 11) is 0. The summed E-state index contributed by atoms with van der Waals surface area (Å²) < 4.78 is 29.5. The van der Waals surface area contributed by atoms with Crippen LogP contribution in [0.4, 0.5) is 9.59 Å². The fourth-order valence-corrected chi connectivity index (χ4v) is 7.01. The largest absolute Gasteiger partial charge is 0.481 e. The maximum absolute atomic E-state index is 12.7. The summed E-state index contributed by atoms with van der Waals surface area (Å²) in [5.41, 5.74) is -1.28. The molecule has 0 aromatic rings. The van der Waals surface area contributed by atoms with Gasteiger partial charge in [-0.3, -0.25) is 4.79 Å². The standard InChI is InChI=1S/C49H96N2O9/c1-7-9-11-13-15-17-19-21-23-25-27-32-38-56-43-44(57-39-33-28-26-24-22-20-18-16-14-12-10-8-2)42-51-46(54)58-40-35-48(3,4)59-41-36-49(5,6)60-47(55)50-37-31-29-30-34-45(52)53/h44H,7-43H2,1-6H3,(H,50,55)(H,51,54)(H,52,53). The molecule has 3 N–H and O–H groups in total. The van der Waals surface area contributed by atoms with Gasteiger partial charge in [0.2, 0.25) is 0 Å². The van der Waals surface area contributed by atoms with Crippen LogP contribution in [-0.2, 0) is 28.5 Å². The van der Waals surface area contributed by atoms with E-state index in [0.29, 0.717) is 65.2 Å². The third-order valence-corrected chi connectivity index (χ3v) is 11.1. The van der Waals surface area contributed by atoms with Crippen molar-refractivity contribution in [2.75, 3.05) is 46.1 Å². The first-order valence-corrected chi connectivity index (χ1v) is 24.8. The summed E-state index contributed by atoms with van der Waals surface area (Å²) in [6, 6.07) is 0. The average molecular weight is 857 g/mol. The lowest BCUT2D eigenvalue weighted by Crippen LogP contribution is -2.38. The van der Waals surface area contributed by atoms with E-state index >= 15 is 0 Å². The summed E-state index contributed by atoms with van der Waals surface area (Å²) >= 11 is 0. The number of unbranched alkanes of at least 4 members (excludes halogenated alkanes) is 24. The highest BCUT2D eigenvalue weighted by molar-refractivity contribution is 5.68. The number of hydrogen-bond acceptors (Lipinski definition) is 8. The van der Waals surface area contributed by atoms with Crippen LogP contribution in [0.2, 0.25) is 0 Å². The van der Waals surface area contributed by atoms with Crippen LogP contribution in [0.5, 0.6) is 0 Å². The van der Waals surface area contributed by atoms with Crippen molar-refractivity contribution in [1.29, 1.82) is 0 Å². The third-order valence-electron chi connectivity index (χ3n) is 11.1. The van der Waals surface area contributed by atoms with Gasteiger partial charge in [-0.05, 0) is 53.4 Å². The molecule has 0 aliphatic carbocycles. The van der Waals surface area contributed by atoms with Crippen LogP contribution in [0, 0.1) is 0 Å². The highest BCUT2D eigenvalue weighted by atomic mass is 16.6. The molecular weight excluding hydrogens is 761 g/mol. The zero-order chi connectivity index (χ0) is 44.4. The molecule has 0 aromatic heterocycles. The zero-order valence-corrected chi connectivity index (χ0v) is 40.0. The molecule has 0 rings (SSSR count). The van der Waals surface area contributed by atoms with E-state index in [1.165, 1.54) is 135 Å². The topological polar surface area (TPSA) is 142 Å². The lowest BCUT2D eigenvalue weighted by atomic mass is 10.0. The molecule has 356 valence electrons. The molecule has 0 saturated heterocycles. The number of rotatable bonds is 45. The van der Waals surface area contributed by atoms with Crippen molar-refractivity contribution in [2.24, 2.45) is 0 Å². The number of nitrogens with one attached hydrogen (secondary N) is 2. The van der Waals surface area contributed by atoms with E-state index in [1.54, 1.807) is 0 Å². The molecule has 1 unspecified atom stereocenters. The lowest BCUT2D eigenvalue weighted by Gasteiger charge is -2.29. The Morgan fingerprint density at radius 2 is 0.983 bits per heavy atom. The minimum absolute atomic E-state index is 0.137. The van der Waals surface area contributed by atoms with Crippen molar-refractivity contribution < 1.29 is 43.2 Å². The molecule has 0 spiro atoms. The quantitative estimate of drug-likeness (QED) is 0.0510. The van der Waals surface area contributed by atoms with Crippen molar-refractivity contribution in [3.8, 4) is 0 Å². The summed E-state index contributed by atoms with van der Waals surface area (Å²) in [6.45, 7) is 15.3. The number of hydrogen-bond donors (Lipinski definition) is 3. The highest BCUT2D eigenvalue weighted by Crippen LogP contribution is 2.20. The molecule has 0 heterocycles. The van der Waals surface area contributed by atoms with Gasteiger partial charge < -0.3 is 39.4 Å². The fourth-order valence-electron chi connectivity index (χ4n) is 7.01. The maximum Gasteiger partial charge on any atom is 0.407 e. The number of ether oxygens (including phenoxy) is 5. The Balaban J connectivity index is 4.44.